The summed E-state index contributed by atoms with van der Waals surface area (Å²) in [5, 5.41) is 51.0. The maximum atomic E-state index is 13.9. The number of carbonyl (C=O) groups is 2. The second kappa shape index (κ2) is 35.9. The highest BCUT2D eigenvalue weighted by molar-refractivity contribution is 7.90. The number of H-pyrrole nitrogens is 2. The molecule has 4 aliphatic heterocycles. The first-order valence-corrected chi connectivity index (χ1v) is 45.0. The molecule has 6 N–H and O–H groups in total. The molecule has 2 saturated carbocycles. The highest BCUT2D eigenvalue weighted by Crippen LogP contribution is 2.53. The zero-order valence-corrected chi connectivity index (χ0v) is 68.8. The summed E-state index contributed by atoms with van der Waals surface area (Å²) in [6.45, 7) is 5.51. The van der Waals surface area contributed by atoms with Gasteiger partial charge in [-0.25, -0.2) is 36.2 Å². The van der Waals surface area contributed by atoms with Crippen molar-refractivity contribution in [3.63, 3.8) is 0 Å². The van der Waals surface area contributed by atoms with E-state index in [9.17, 15) is 57.2 Å². The van der Waals surface area contributed by atoms with E-state index in [1.807, 2.05) is 12.1 Å². The van der Waals surface area contributed by atoms with E-state index in [0.29, 0.717) is 98.3 Å². The Morgan fingerprint density at radius 3 is 1.33 bits per heavy atom. The van der Waals surface area contributed by atoms with Crippen LogP contribution in [0, 0.1) is 66.6 Å². The second-order valence-corrected chi connectivity index (χ2v) is 36.3. The number of anilines is 2. The lowest BCUT2D eigenvalue weighted by Gasteiger charge is -2.36. The van der Waals surface area contributed by atoms with Gasteiger partial charge in [0, 0.05) is 111 Å². The predicted molar refractivity (Wildman–Crippen MR) is 459 cm³/mol. The number of likely N-dealkylation sites (tertiary alicyclic amines) is 2. The number of ether oxygens (including phenoxy) is 4. The van der Waals surface area contributed by atoms with Crippen LogP contribution in [-0.2, 0) is 29.5 Å². The van der Waals surface area contributed by atoms with Gasteiger partial charge < -0.3 is 39.5 Å². The Morgan fingerprint density at radius 2 is 0.943 bits per heavy atom. The van der Waals surface area contributed by atoms with Gasteiger partial charge in [0.15, 0.2) is 0 Å². The van der Waals surface area contributed by atoms with Gasteiger partial charge in [0.25, 0.3) is 43.2 Å². The van der Waals surface area contributed by atoms with Gasteiger partial charge in [-0.15, -0.1) is 0 Å². The summed E-state index contributed by atoms with van der Waals surface area (Å²) in [5.74, 6) is 0.483. The Balaban J connectivity index is 0.000000173. The maximum absolute atomic E-state index is 13.9. The molecule has 122 heavy (non-hydrogen) atoms. The average Bonchev–Trinajstić information content (AvgIpc) is 1.59. The first-order chi connectivity index (χ1) is 59.3. The van der Waals surface area contributed by atoms with Gasteiger partial charge in [-0.05, 0) is 245 Å². The van der Waals surface area contributed by atoms with Gasteiger partial charge in [-0.2, -0.15) is 10.5 Å². The Hall–Kier alpha value is -12.2. The SMILES string of the molecule is N#C[C@H]1C[C@@H]1c1ccccc1C1CCCN1C1CC=C(c2ccc(C(=O)NS(=O)(=O)c3ccc(NCC4CCOCC4)c([N+](=O)[O-])c3)c(Oc3cnc4[nH]ccc4c3)c2)CC1.N#C[C@H]1C[C@H]1c1ccccc1C1CCCN1C1CC=C(c2ccc(C(=O)NS(=O)(=O)c3ccc(NCC4CCOCC4)c([N+](=O)[O-])c3)c(Oc3cnc4[nH]ccc4c3)c2)CC1. The van der Waals surface area contributed by atoms with Crippen molar-refractivity contribution in [2.45, 2.75) is 149 Å². The quantitative estimate of drug-likeness (QED) is 0.0217. The molecule has 4 unspecified atom stereocenters. The number of nitro groups is 2. The van der Waals surface area contributed by atoms with Crippen molar-refractivity contribution in [1.82, 2.24) is 39.2 Å². The number of pyridine rings is 2. The topological polar surface area (TPSA) is 385 Å². The number of nitrogens with zero attached hydrogens (tertiary/aromatic N) is 8. The molecule has 0 radical (unpaired) electrons. The molecule has 18 rings (SSSR count). The molecule has 4 saturated heterocycles. The number of sulfonamides is 2. The van der Waals surface area contributed by atoms with E-state index in [1.165, 1.54) is 58.9 Å². The highest BCUT2D eigenvalue weighted by Gasteiger charge is 2.45. The van der Waals surface area contributed by atoms with Crippen LogP contribution in [0.1, 0.15) is 181 Å². The summed E-state index contributed by atoms with van der Waals surface area (Å²) < 4.78 is 82.4. The molecular formula is C92H94N14O14S2. The molecule has 0 spiro atoms. The van der Waals surface area contributed by atoms with E-state index in [0.717, 1.165) is 161 Å². The van der Waals surface area contributed by atoms with Crippen LogP contribution in [0.5, 0.6) is 23.0 Å². The number of allylic oxidation sites excluding steroid dienone is 2. The van der Waals surface area contributed by atoms with Gasteiger partial charge in [-0.3, -0.25) is 39.6 Å². The highest BCUT2D eigenvalue weighted by atomic mass is 32.2. The summed E-state index contributed by atoms with van der Waals surface area (Å²) in [6.07, 6.45) is 25.8. The molecule has 6 aromatic carbocycles. The van der Waals surface area contributed by atoms with Gasteiger partial charge in [0.1, 0.15) is 45.7 Å². The van der Waals surface area contributed by atoms with E-state index in [1.54, 1.807) is 60.9 Å². The number of carbonyl (C=O) groups excluding carboxylic acids is 2. The number of benzene rings is 6. The van der Waals surface area contributed by atoms with Gasteiger partial charge >= 0.3 is 0 Å². The second-order valence-electron chi connectivity index (χ2n) is 32.9. The van der Waals surface area contributed by atoms with E-state index < -0.39 is 62.9 Å². The van der Waals surface area contributed by atoms with Crippen LogP contribution >= 0.6 is 0 Å². The fraction of sp³-hybridized carbons (Fsp3) is 0.370. The van der Waals surface area contributed by atoms with Crippen molar-refractivity contribution >= 4 is 87.8 Å². The molecule has 8 atom stereocenters. The van der Waals surface area contributed by atoms with Gasteiger partial charge in [-0.1, -0.05) is 72.8 Å². The molecule has 2 amide bonds. The lowest BCUT2D eigenvalue weighted by Crippen LogP contribution is -2.36. The molecule has 8 aliphatic rings. The number of fused-ring (bicyclic) bond motifs is 2. The molecule has 4 aromatic heterocycles. The molecular weight excluding hydrogens is 1590 g/mol. The zero-order chi connectivity index (χ0) is 84.2. The number of nitrogens with one attached hydrogen (secondary N) is 6. The first-order valence-electron chi connectivity index (χ1n) is 42.0. The third kappa shape index (κ3) is 18.2. The average molecular weight is 1680 g/mol. The van der Waals surface area contributed by atoms with Crippen LogP contribution in [0.25, 0.3) is 33.2 Å². The molecule has 28 nitrogen and oxygen atoms in total. The van der Waals surface area contributed by atoms with Gasteiger partial charge in [0.2, 0.25) is 0 Å². The van der Waals surface area contributed by atoms with E-state index in [2.05, 4.69) is 123 Å². The molecule has 10 aromatic rings. The van der Waals surface area contributed by atoms with Crippen molar-refractivity contribution in [3.8, 4) is 35.1 Å². The third-order valence-corrected chi connectivity index (χ3v) is 28.0. The largest absolute Gasteiger partial charge is 0.455 e. The summed E-state index contributed by atoms with van der Waals surface area (Å²) in [5.41, 5.74) is 10.1. The maximum Gasteiger partial charge on any atom is 0.293 e. The van der Waals surface area contributed by atoms with Gasteiger partial charge in [0.05, 0.1) is 67.1 Å². The van der Waals surface area contributed by atoms with Crippen molar-refractivity contribution in [1.29, 1.82) is 10.5 Å². The molecule has 6 fully saturated rings. The fourth-order valence-corrected chi connectivity index (χ4v) is 20.6. The number of hydrogen-bond acceptors (Lipinski definition) is 22. The van der Waals surface area contributed by atoms with Crippen molar-refractivity contribution in [3.05, 3.63) is 247 Å². The lowest BCUT2D eigenvalue weighted by molar-refractivity contribution is -0.384. The van der Waals surface area contributed by atoms with Crippen LogP contribution < -0.4 is 29.6 Å². The van der Waals surface area contributed by atoms with Crippen LogP contribution in [0.4, 0.5) is 22.7 Å². The Kier molecular flexibility index (Phi) is 24.2. The fourth-order valence-electron chi connectivity index (χ4n) is 18.6. The number of nitriles is 2. The summed E-state index contributed by atoms with van der Waals surface area (Å²) >= 11 is 0. The number of rotatable bonds is 26. The Labute approximate surface area is 706 Å². The summed E-state index contributed by atoms with van der Waals surface area (Å²) in [7, 11) is -9.11. The minimum Gasteiger partial charge on any atom is -0.455 e. The number of aromatic nitrogens is 4. The van der Waals surface area contributed by atoms with Crippen LogP contribution in [-0.4, -0.2) is 133 Å². The molecule has 4 aliphatic carbocycles. The molecule has 8 heterocycles. The van der Waals surface area contributed by atoms with E-state index in [4.69, 9.17) is 18.9 Å². The number of aromatic amines is 2. The minimum absolute atomic E-state index is 0.0344. The van der Waals surface area contributed by atoms with Crippen LogP contribution in [0.2, 0.25) is 0 Å². The van der Waals surface area contributed by atoms with Crippen LogP contribution in [0.3, 0.4) is 0 Å². The van der Waals surface area contributed by atoms with E-state index in [-0.39, 0.29) is 57.7 Å². The van der Waals surface area contributed by atoms with Crippen molar-refractivity contribution < 1.29 is 55.2 Å². The lowest BCUT2D eigenvalue weighted by atomic mass is 9.88. The zero-order valence-electron chi connectivity index (χ0n) is 67.2. The Bertz CT molecular complexity index is 5700. The van der Waals surface area contributed by atoms with E-state index >= 15 is 0 Å². The van der Waals surface area contributed by atoms with Crippen molar-refractivity contribution in [2.24, 2.45) is 23.7 Å². The number of amides is 2. The number of hydrogen-bond donors (Lipinski definition) is 6. The molecule has 30 heteroatoms. The summed E-state index contributed by atoms with van der Waals surface area (Å²) in [6, 6.07) is 48.2. The number of nitro benzene ring substituents is 2. The summed E-state index contributed by atoms with van der Waals surface area (Å²) in [4.78, 5) is 70.1. The molecule has 0 bridgehead atoms. The molecule has 628 valence electrons. The van der Waals surface area contributed by atoms with Crippen LogP contribution in [0.15, 0.2) is 192 Å². The predicted octanol–water partition coefficient (Wildman–Crippen LogP) is 17.2. The van der Waals surface area contributed by atoms with Crippen molar-refractivity contribution in [2.75, 3.05) is 63.2 Å². The Morgan fingerprint density at radius 1 is 0.525 bits per heavy atom. The normalized spacial score (nSPS) is 22.0. The first kappa shape index (κ1) is 82.2. The third-order valence-electron chi connectivity index (χ3n) is 25.4. The smallest absolute Gasteiger partial charge is 0.293 e. The minimum atomic E-state index is -4.56. The monoisotopic (exact) mass is 1680 g/mol. The standard InChI is InChI=1S/2C46H47N7O7S/c2*47-26-33-23-40(33)37-4-1-2-5-38(37)42-6-3-19-52(42)34-10-7-30(8-11-34)31-9-13-39(44(24-31)60-35-22-32-15-18-48-45(32)50-28-35)46(54)51-61(57,58)36-12-14-41(43(25-36)53(55)56)49-27-29-16-20-59-21-17-29/h2*1-2,4-5,7,9,12-15,18,22,24-25,28-29,33-34,40,42,49H,3,6,8,10-11,16-17,19-21,23,27H2,(H,48,50)(H,51,54)/t33-,34?,40+,42?;33-,34?,40-,42?/m11/s1.